The highest BCUT2D eigenvalue weighted by molar-refractivity contribution is 5.61. The predicted octanol–water partition coefficient (Wildman–Crippen LogP) is 3.80. The van der Waals surface area contributed by atoms with Gasteiger partial charge in [0.15, 0.2) is 17.5 Å². The lowest BCUT2D eigenvalue weighted by atomic mass is 10.0. The highest BCUT2D eigenvalue weighted by atomic mass is 19.2. The monoisotopic (exact) mass is 319 g/mol. The maximum absolute atomic E-state index is 13.8. The number of benzene rings is 1. The molecule has 120 valence electrons. The second-order valence-corrected chi connectivity index (χ2v) is 6.38. The zero-order valence-corrected chi connectivity index (χ0v) is 12.5. The Balaban J connectivity index is 1.59. The largest absolute Gasteiger partial charge is 0.355 e. The van der Waals surface area contributed by atoms with Gasteiger partial charge in [-0.05, 0) is 42.9 Å². The molecule has 1 aromatic carbocycles. The molecule has 1 saturated heterocycles. The fourth-order valence-electron chi connectivity index (χ4n) is 3.80. The first-order valence-corrected chi connectivity index (χ1v) is 7.85. The fourth-order valence-corrected chi connectivity index (χ4v) is 3.80. The molecule has 2 atom stereocenters. The first-order chi connectivity index (χ1) is 11.1. The highest BCUT2D eigenvalue weighted by Gasteiger charge is 2.36. The molecule has 2 fully saturated rings. The van der Waals surface area contributed by atoms with Gasteiger partial charge in [0.1, 0.15) is 5.82 Å². The molecule has 0 N–H and O–H groups in total. The molecule has 1 saturated carbocycles. The summed E-state index contributed by atoms with van der Waals surface area (Å²) in [6.07, 6.45) is 3.83. The number of hydrogen-bond acceptors (Lipinski definition) is 3. The summed E-state index contributed by atoms with van der Waals surface area (Å²) in [6, 6.07) is 4.76. The van der Waals surface area contributed by atoms with Crippen LogP contribution in [0.4, 0.5) is 19.0 Å². The van der Waals surface area contributed by atoms with E-state index in [1.54, 1.807) is 12.1 Å². The van der Waals surface area contributed by atoms with Crippen molar-refractivity contribution in [2.24, 2.45) is 11.8 Å². The molecule has 1 aliphatic heterocycles. The van der Waals surface area contributed by atoms with Gasteiger partial charge in [-0.1, -0.05) is 6.42 Å². The lowest BCUT2D eigenvalue weighted by Crippen LogP contribution is -2.22. The van der Waals surface area contributed by atoms with Gasteiger partial charge < -0.3 is 4.90 Å². The van der Waals surface area contributed by atoms with Gasteiger partial charge in [-0.25, -0.2) is 13.2 Å². The van der Waals surface area contributed by atoms with Crippen LogP contribution in [0.3, 0.4) is 0 Å². The molecule has 0 radical (unpaired) electrons. The second kappa shape index (κ2) is 5.51. The summed E-state index contributed by atoms with van der Waals surface area (Å²) in [6.45, 7) is 1.95. The third-order valence-electron chi connectivity index (χ3n) is 4.97. The Morgan fingerprint density at radius 1 is 0.957 bits per heavy atom. The lowest BCUT2D eigenvalue weighted by Gasteiger charge is -2.17. The van der Waals surface area contributed by atoms with Gasteiger partial charge in [-0.3, -0.25) is 0 Å². The molecule has 1 aromatic heterocycles. The number of fused-ring (bicyclic) bond motifs is 1. The Morgan fingerprint density at radius 3 is 2.35 bits per heavy atom. The Kier molecular flexibility index (Phi) is 3.47. The van der Waals surface area contributed by atoms with E-state index < -0.39 is 17.5 Å². The predicted molar refractivity (Wildman–Crippen MR) is 80.4 cm³/mol. The van der Waals surface area contributed by atoms with E-state index in [2.05, 4.69) is 15.1 Å². The number of nitrogens with zero attached hydrogens (tertiary/aromatic N) is 3. The van der Waals surface area contributed by atoms with Gasteiger partial charge in [0.2, 0.25) is 0 Å². The van der Waals surface area contributed by atoms with Gasteiger partial charge in [-0.15, -0.1) is 10.2 Å². The molecule has 0 bridgehead atoms. The van der Waals surface area contributed by atoms with Gasteiger partial charge >= 0.3 is 0 Å². The van der Waals surface area contributed by atoms with Crippen molar-refractivity contribution in [1.29, 1.82) is 0 Å². The van der Waals surface area contributed by atoms with Crippen LogP contribution in [0.1, 0.15) is 19.3 Å². The molecule has 6 heteroatoms. The standard InChI is InChI=1S/C17H16F3N3/c18-12-6-13(17(20)14(19)7-12)15-4-5-16(22-21-15)23-8-10-2-1-3-11(10)9-23/h4-7,10-11H,1-3,8-9H2/t10-,11+. The molecule has 1 aliphatic carbocycles. The Hall–Kier alpha value is -2.11. The van der Waals surface area contributed by atoms with Crippen molar-refractivity contribution in [2.75, 3.05) is 18.0 Å². The van der Waals surface area contributed by atoms with Crippen molar-refractivity contribution in [2.45, 2.75) is 19.3 Å². The molecule has 4 rings (SSSR count). The zero-order chi connectivity index (χ0) is 16.0. The molecular formula is C17H16F3N3. The third-order valence-corrected chi connectivity index (χ3v) is 4.97. The summed E-state index contributed by atoms with van der Waals surface area (Å²) < 4.78 is 40.4. The Labute approximate surface area is 132 Å². The van der Waals surface area contributed by atoms with E-state index in [9.17, 15) is 13.2 Å². The summed E-state index contributed by atoms with van der Waals surface area (Å²) >= 11 is 0. The molecule has 0 spiro atoms. The summed E-state index contributed by atoms with van der Waals surface area (Å²) in [5.74, 6) is -0.975. The molecular weight excluding hydrogens is 303 g/mol. The maximum atomic E-state index is 13.8. The average molecular weight is 319 g/mol. The van der Waals surface area contributed by atoms with Crippen molar-refractivity contribution in [3.8, 4) is 11.3 Å². The molecule has 23 heavy (non-hydrogen) atoms. The van der Waals surface area contributed by atoms with Crippen molar-refractivity contribution >= 4 is 5.82 Å². The first kappa shape index (κ1) is 14.5. The number of anilines is 1. The van der Waals surface area contributed by atoms with Crippen LogP contribution >= 0.6 is 0 Å². The van der Waals surface area contributed by atoms with Crippen molar-refractivity contribution in [3.63, 3.8) is 0 Å². The fraction of sp³-hybridized carbons (Fsp3) is 0.412. The van der Waals surface area contributed by atoms with Crippen LogP contribution in [0.25, 0.3) is 11.3 Å². The van der Waals surface area contributed by atoms with Crippen molar-refractivity contribution < 1.29 is 13.2 Å². The SMILES string of the molecule is Fc1cc(F)c(F)c(-c2ccc(N3C[C@H]4CCC[C@H]4C3)nn2)c1. The van der Waals surface area contributed by atoms with Crippen LogP contribution in [-0.2, 0) is 0 Å². The number of aromatic nitrogens is 2. The van der Waals surface area contributed by atoms with Crippen molar-refractivity contribution in [1.82, 2.24) is 10.2 Å². The van der Waals surface area contributed by atoms with Crippen LogP contribution in [-0.4, -0.2) is 23.3 Å². The van der Waals surface area contributed by atoms with E-state index in [-0.39, 0.29) is 11.3 Å². The zero-order valence-electron chi connectivity index (χ0n) is 12.5. The number of halogens is 3. The Morgan fingerprint density at radius 2 is 1.70 bits per heavy atom. The molecule has 2 heterocycles. The van der Waals surface area contributed by atoms with Gasteiger partial charge in [-0.2, -0.15) is 0 Å². The van der Waals surface area contributed by atoms with Crippen molar-refractivity contribution in [3.05, 3.63) is 41.7 Å². The molecule has 2 aliphatic rings. The summed E-state index contributed by atoms with van der Waals surface area (Å²) in [7, 11) is 0. The minimum atomic E-state index is -1.22. The highest BCUT2D eigenvalue weighted by Crippen LogP contribution is 2.39. The van der Waals surface area contributed by atoms with E-state index in [1.165, 1.54) is 19.3 Å². The van der Waals surface area contributed by atoms with E-state index in [1.807, 2.05) is 0 Å². The van der Waals surface area contributed by atoms with Crippen LogP contribution in [0.2, 0.25) is 0 Å². The average Bonchev–Trinajstić information content (AvgIpc) is 3.12. The van der Waals surface area contributed by atoms with E-state index >= 15 is 0 Å². The van der Waals surface area contributed by atoms with E-state index in [0.717, 1.165) is 36.8 Å². The quantitative estimate of drug-likeness (QED) is 0.789. The van der Waals surface area contributed by atoms with E-state index in [0.29, 0.717) is 6.07 Å². The van der Waals surface area contributed by atoms with Crippen LogP contribution < -0.4 is 4.90 Å². The minimum Gasteiger partial charge on any atom is -0.355 e. The van der Waals surface area contributed by atoms with E-state index in [4.69, 9.17) is 0 Å². The minimum absolute atomic E-state index is 0.129. The lowest BCUT2D eigenvalue weighted by molar-refractivity contribution is 0.494. The Bertz CT molecular complexity index is 721. The van der Waals surface area contributed by atoms with Gasteiger partial charge in [0.25, 0.3) is 0 Å². The topological polar surface area (TPSA) is 29.0 Å². The van der Waals surface area contributed by atoms with Crippen LogP contribution in [0.5, 0.6) is 0 Å². The normalized spacial score (nSPS) is 23.3. The van der Waals surface area contributed by atoms with Gasteiger partial charge in [0, 0.05) is 24.7 Å². The van der Waals surface area contributed by atoms with Crippen LogP contribution in [0, 0.1) is 29.3 Å². The molecule has 0 unspecified atom stereocenters. The summed E-state index contributed by atoms with van der Waals surface area (Å²) in [4.78, 5) is 2.19. The number of rotatable bonds is 2. The smallest absolute Gasteiger partial charge is 0.168 e. The second-order valence-electron chi connectivity index (χ2n) is 6.38. The first-order valence-electron chi connectivity index (χ1n) is 7.85. The van der Waals surface area contributed by atoms with Crippen LogP contribution in [0.15, 0.2) is 24.3 Å². The summed E-state index contributed by atoms with van der Waals surface area (Å²) in [5.41, 5.74) is -0.0797. The number of hydrogen-bond donors (Lipinski definition) is 0. The summed E-state index contributed by atoms with van der Waals surface area (Å²) in [5, 5.41) is 8.09. The van der Waals surface area contributed by atoms with Gasteiger partial charge in [0.05, 0.1) is 5.69 Å². The maximum Gasteiger partial charge on any atom is 0.168 e. The molecule has 3 nitrogen and oxygen atoms in total. The third kappa shape index (κ3) is 2.56. The molecule has 0 amide bonds. The molecule has 2 aromatic rings.